The molecule has 3 heterocycles. The van der Waals surface area contributed by atoms with Crippen LogP contribution in [-0.2, 0) is 0 Å². The molecule has 2 atom stereocenters. The van der Waals surface area contributed by atoms with Gasteiger partial charge in [0.05, 0.1) is 5.56 Å². The fraction of sp³-hybridized carbons (Fsp3) is 0.688. The van der Waals surface area contributed by atoms with Crippen molar-refractivity contribution in [1.82, 2.24) is 14.8 Å². The molecule has 0 saturated carbocycles. The maximum Gasteiger partial charge on any atom is 0.255 e. The predicted octanol–water partition coefficient (Wildman–Crippen LogP) is 1.18. The van der Waals surface area contributed by atoms with Crippen molar-refractivity contribution in [3.8, 4) is 0 Å². The summed E-state index contributed by atoms with van der Waals surface area (Å²) in [6, 6.07) is 1.81. The third-order valence-corrected chi connectivity index (χ3v) is 4.88. The summed E-state index contributed by atoms with van der Waals surface area (Å²) in [6.45, 7) is 4.98. The van der Waals surface area contributed by atoms with Crippen LogP contribution in [-0.4, -0.2) is 65.1 Å². The molecule has 2 fully saturated rings. The molecule has 1 aromatic rings. The molecule has 3 rings (SSSR count). The lowest BCUT2D eigenvalue weighted by atomic mass is 9.95. The number of carbonyl (C=O) groups excluding carboxylic acids is 1. The summed E-state index contributed by atoms with van der Waals surface area (Å²) in [6.07, 6.45) is 7.42. The lowest BCUT2D eigenvalue weighted by Gasteiger charge is -2.30. The van der Waals surface area contributed by atoms with E-state index in [2.05, 4.69) is 9.88 Å². The van der Waals surface area contributed by atoms with Crippen LogP contribution in [0.2, 0.25) is 0 Å². The second-order valence-electron chi connectivity index (χ2n) is 6.37. The third-order valence-electron chi connectivity index (χ3n) is 4.88. The van der Waals surface area contributed by atoms with E-state index in [-0.39, 0.29) is 18.4 Å². The van der Waals surface area contributed by atoms with Gasteiger partial charge in [-0.2, -0.15) is 0 Å². The number of H-pyrrole nitrogens is 1. The van der Waals surface area contributed by atoms with Gasteiger partial charge in [-0.15, -0.1) is 0 Å². The number of rotatable bonds is 4. The van der Waals surface area contributed by atoms with Gasteiger partial charge in [0.25, 0.3) is 5.91 Å². The molecule has 21 heavy (non-hydrogen) atoms. The molecule has 116 valence electrons. The maximum atomic E-state index is 12.4. The van der Waals surface area contributed by atoms with Crippen LogP contribution in [0.3, 0.4) is 0 Å². The van der Waals surface area contributed by atoms with Gasteiger partial charge in [-0.3, -0.25) is 4.79 Å². The summed E-state index contributed by atoms with van der Waals surface area (Å²) in [5, 5.41) is 9.63. The summed E-state index contributed by atoms with van der Waals surface area (Å²) in [5.74, 6) is 0.696. The summed E-state index contributed by atoms with van der Waals surface area (Å²) in [5.41, 5.74) is 0.713. The second kappa shape index (κ2) is 6.62. The first-order chi connectivity index (χ1) is 10.3. The van der Waals surface area contributed by atoms with E-state index in [4.69, 9.17) is 0 Å². The summed E-state index contributed by atoms with van der Waals surface area (Å²) < 4.78 is 0. The van der Waals surface area contributed by atoms with Crippen LogP contribution < -0.4 is 0 Å². The highest BCUT2D eigenvalue weighted by Crippen LogP contribution is 2.26. The van der Waals surface area contributed by atoms with Crippen molar-refractivity contribution < 1.29 is 9.90 Å². The minimum atomic E-state index is 0.0795. The van der Waals surface area contributed by atoms with Crippen LogP contribution in [0.5, 0.6) is 0 Å². The molecule has 1 amide bonds. The maximum absolute atomic E-state index is 12.4. The highest BCUT2D eigenvalue weighted by Gasteiger charge is 2.36. The average molecular weight is 291 g/mol. The van der Waals surface area contributed by atoms with Gasteiger partial charge < -0.3 is 19.9 Å². The minimum absolute atomic E-state index is 0.0795. The normalized spacial score (nSPS) is 27.2. The first-order valence-electron chi connectivity index (χ1n) is 8.03. The standard InChI is InChI=1S/C16H25N3O2/c20-12-15-11-19(16(21)13-4-5-17-8-13)10-14(15)9-18-6-2-1-3-7-18/h4-5,8,14-15,17,20H,1-3,6-7,9-12H2/t14-,15-/m1/s1. The predicted molar refractivity (Wildman–Crippen MR) is 81.1 cm³/mol. The van der Waals surface area contributed by atoms with Crippen LogP contribution in [0, 0.1) is 11.8 Å². The molecule has 0 radical (unpaired) electrons. The Labute approximate surface area is 125 Å². The monoisotopic (exact) mass is 291 g/mol. The Morgan fingerprint density at radius 1 is 1.24 bits per heavy atom. The van der Waals surface area contributed by atoms with Gasteiger partial charge in [-0.1, -0.05) is 6.42 Å². The first-order valence-corrected chi connectivity index (χ1v) is 8.03. The quantitative estimate of drug-likeness (QED) is 0.876. The molecule has 0 aliphatic carbocycles. The van der Waals surface area contributed by atoms with Crippen LogP contribution >= 0.6 is 0 Å². The molecule has 5 heteroatoms. The number of likely N-dealkylation sites (tertiary alicyclic amines) is 2. The highest BCUT2D eigenvalue weighted by molar-refractivity contribution is 5.94. The molecule has 0 spiro atoms. The molecule has 0 aromatic carbocycles. The SMILES string of the molecule is O=C(c1cc[nH]c1)N1C[C@@H](CN2CCCCC2)[C@@H](CO)C1. The van der Waals surface area contributed by atoms with E-state index in [1.54, 1.807) is 12.4 Å². The second-order valence-corrected chi connectivity index (χ2v) is 6.37. The summed E-state index contributed by atoms with van der Waals surface area (Å²) in [4.78, 5) is 19.8. The summed E-state index contributed by atoms with van der Waals surface area (Å²) >= 11 is 0. The lowest BCUT2D eigenvalue weighted by Crippen LogP contribution is -2.37. The molecule has 2 saturated heterocycles. The Morgan fingerprint density at radius 3 is 2.67 bits per heavy atom. The lowest BCUT2D eigenvalue weighted by molar-refractivity contribution is 0.0778. The van der Waals surface area contributed by atoms with Gasteiger partial charge in [-0.05, 0) is 37.9 Å². The molecule has 1 aromatic heterocycles. The Morgan fingerprint density at radius 2 is 2.00 bits per heavy atom. The summed E-state index contributed by atoms with van der Waals surface area (Å²) in [7, 11) is 0. The zero-order chi connectivity index (χ0) is 14.7. The topological polar surface area (TPSA) is 59.6 Å². The van der Waals surface area contributed by atoms with E-state index in [0.29, 0.717) is 18.0 Å². The fourth-order valence-corrected chi connectivity index (χ4v) is 3.63. The van der Waals surface area contributed by atoms with E-state index >= 15 is 0 Å². The van der Waals surface area contributed by atoms with Crippen molar-refractivity contribution in [2.24, 2.45) is 11.8 Å². The Hall–Kier alpha value is -1.33. The number of aromatic nitrogens is 1. The fourth-order valence-electron chi connectivity index (χ4n) is 3.63. The molecule has 0 bridgehead atoms. The number of aliphatic hydroxyl groups excluding tert-OH is 1. The number of hydrogen-bond acceptors (Lipinski definition) is 3. The van der Waals surface area contributed by atoms with E-state index in [9.17, 15) is 9.90 Å². The van der Waals surface area contributed by atoms with Crippen molar-refractivity contribution in [3.05, 3.63) is 24.0 Å². The largest absolute Gasteiger partial charge is 0.396 e. The van der Waals surface area contributed by atoms with Crippen molar-refractivity contribution in [1.29, 1.82) is 0 Å². The van der Waals surface area contributed by atoms with Crippen molar-refractivity contribution >= 4 is 5.91 Å². The number of nitrogens with zero attached hydrogens (tertiary/aromatic N) is 2. The van der Waals surface area contributed by atoms with Crippen molar-refractivity contribution in [3.63, 3.8) is 0 Å². The van der Waals surface area contributed by atoms with Gasteiger partial charge >= 0.3 is 0 Å². The highest BCUT2D eigenvalue weighted by atomic mass is 16.3. The van der Waals surface area contributed by atoms with Gasteiger partial charge in [0, 0.05) is 44.6 Å². The molecular formula is C16H25N3O2. The molecule has 0 unspecified atom stereocenters. The number of aliphatic hydroxyl groups is 1. The van der Waals surface area contributed by atoms with Crippen LogP contribution in [0.25, 0.3) is 0 Å². The smallest absolute Gasteiger partial charge is 0.255 e. The van der Waals surface area contributed by atoms with Gasteiger partial charge in [0.15, 0.2) is 0 Å². The number of carbonyl (C=O) groups is 1. The number of hydrogen-bond donors (Lipinski definition) is 2. The third kappa shape index (κ3) is 3.30. The van der Waals surface area contributed by atoms with Crippen molar-refractivity contribution in [2.45, 2.75) is 19.3 Å². The van der Waals surface area contributed by atoms with E-state index in [1.165, 1.54) is 32.4 Å². The molecule has 5 nitrogen and oxygen atoms in total. The zero-order valence-electron chi connectivity index (χ0n) is 12.5. The Balaban J connectivity index is 1.61. The number of aromatic amines is 1. The number of piperidine rings is 1. The Bertz CT molecular complexity index is 454. The van der Waals surface area contributed by atoms with Crippen LogP contribution in [0.4, 0.5) is 0 Å². The Kier molecular flexibility index (Phi) is 4.60. The van der Waals surface area contributed by atoms with Gasteiger partial charge in [0.2, 0.25) is 0 Å². The zero-order valence-corrected chi connectivity index (χ0v) is 12.5. The first kappa shape index (κ1) is 14.6. The molecule has 2 aliphatic rings. The molecule has 2 N–H and O–H groups in total. The number of nitrogens with one attached hydrogen (secondary N) is 1. The van der Waals surface area contributed by atoms with Gasteiger partial charge in [0.1, 0.15) is 0 Å². The van der Waals surface area contributed by atoms with E-state index < -0.39 is 0 Å². The molecular weight excluding hydrogens is 266 g/mol. The van der Waals surface area contributed by atoms with Crippen molar-refractivity contribution in [2.75, 3.05) is 39.3 Å². The van der Waals surface area contributed by atoms with E-state index in [0.717, 1.165) is 13.1 Å². The number of amides is 1. The van der Waals surface area contributed by atoms with Gasteiger partial charge in [-0.25, -0.2) is 0 Å². The molecule has 2 aliphatic heterocycles. The van der Waals surface area contributed by atoms with Crippen LogP contribution in [0.1, 0.15) is 29.6 Å². The average Bonchev–Trinajstić information content (AvgIpc) is 3.17. The minimum Gasteiger partial charge on any atom is -0.396 e. The van der Waals surface area contributed by atoms with E-state index in [1.807, 2.05) is 11.0 Å². The van der Waals surface area contributed by atoms with Crippen LogP contribution in [0.15, 0.2) is 18.5 Å².